The zero-order valence-corrected chi connectivity index (χ0v) is 26.0. The Morgan fingerprint density at radius 1 is 1.05 bits per heavy atom. The van der Waals surface area contributed by atoms with E-state index >= 15 is 0 Å². The molecule has 1 heterocycles. The minimum atomic E-state index is -4.31. The SMILES string of the molecule is CC(=O)[C@H](CC(C)C)NC(=O)C1=CC[C@@H](c2cccc(Br)c2)N(S(=O)(=O)c2ccc(F)cc2)[C@H]1c1cccc(Cl)c1. The summed E-state index contributed by atoms with van der Waals surface area (Å²) >= 11 is 9.84. The molecule has 3 aromatic rings. The molecule has 216 valence electrons. The van der Waals surface area contributed by atoms with E-state index in [4.69, 9.17) is 11.6 Å². The molecule has 1 N–H and O–H groups in total. The number of hydrogen-bond donors (Lipinski definition) is 1. The molecule has 4 rings (SSSR count). The number of rotatable bonds is 9. The lowest BCUT2D eigenvalue weighted by Gasteiger charge is -2.41. The Bertz CT molecular complexity index is 1580. The van der Waals surface area contributed by atoms with Crippen molar-refractivity contribution in [3.8, 4) is 0 Å². The predicted octanol–water partition coefficient (Wildman–Crippen LogP) is 7.16. The molecular weight excluding hydrogens is 631 g/mol. The highest BCUT2D eigenvalue weighted by molar-refractivity contribution is 9.10. The summed E-state index contributed by atoms with van der Waals surface area (Å²) in [7, 11) is -4.31. The first-order valence-corrected chi connectivity index (χ1v) is 15.8. The maximum absolute atomic E-state index is 14.4. The van der Waals surface area contributed by atoms with Crippen LogP contribution in [0.4, 0.5) is 4.39 Å². The topological polar surface area (TPSA) is 83.6 Å². The number of sulfonamides is 1. The van der Waals surface area contributed by atoms with E-state index in [1.807, 2.05) is 38.1 Å². The molecule has 0 bridgehead atoms. The standard InChI is InChI=1S/C31H31BrClFN2O4S/c1-19(2)16-28(20(3)37)35-31(38)27-14-15-29(21-6-4-8-23(32)17-21)36(30(27)22-7-5-9-24(33)18-22)41(39,40)26-12-10-25(34)11-13-26/h4-14,17-19,28-30H,15-16H2,1-3H3,(H,35,38)/t28-,29-,30-/m0/s1. The van der Waals surface area contributed by atoms with E-state index in [2.05, 4.69) is 21.2 Å². The molecule has 3 aromatic carbocycles. The first-order valence-electron chi connectivity index (χ1n) is 13.2. The average Bonchev–Trinajstić information content (AvgIpc) is 2.91. The number of benzene rings is 3. The summed E-state index contributed by atoms with van der Waals surface area (Å²) in [6, 6.07) is 16.1. The fourth-order valence-corrected chi connectivity index (χ4v) is 7.46. The van der Waals surface area contributed by atoms with E-state index < -0.39 is 39.9 Å². The van der Waals surface area contributed by atoms with Gasteiger partial charge in [0.25, 0.3) is 0 Å². The van der Waals surface area contributed by atoms with E-state index in [-0.39, 0.29) is 28.6 Å². The summed E-state index contributed by atoms with van der Waals surface area (Å²) in [6.07, 6.45) is 2.36. The van der Waals surface area contributed by atoms with Crippen molar-refractivity contribution in [3.63, 3.8) is 0 Å². The maximum atomic E-state index is 14.4. The largest absolute Gasteiger partial charge is 0.342 e. The summed E-state index contributed by atoms with van der Waals surface area (Å²) in [4.78, 5) is 26.2. The number of halogens is 3. The van der Waals surface area contributed by atoms with E-state index in [0.29, 0.717) is 22.6 Å². The van der Waals surface area contributed by atoms with Crippen LogP contribution in [-0.2, 0) is 19.6 Å². The van der Waals surface area contributed by atoms with Crippen molar-refractivity contribution in [3.05, 3.63) is 111 Å². The number of ketones is 1. The Balaban J connectivity index is 1.93. The molecule has 1 amide bonds. The quantitative estimate of drug-likeness (QED) is 0.264. The summed E-state index contributed by atoms with van der Waals surface area (Å²) in [5.41, 5.74) is 1.36. The van der Waals surface area contributed by atoms with Crippen LogP contribution < -0.4 is 5.32 Å². The number of Topliss-reactive ketones (excluding diaryl/α,β-unsaturated/α-hetero) is 1. The first kappa shape index (κ1) is 31.1. The second-order valence-corrected chi connectivity index (χ2v) is 13.7. The lowest BCUT2D eigenvalue weighted by molar-refractivity contribution is -0.125. The van der Waals surface area contributed by atoms with Gasteiger partial charge in [-0.2, -0.15) is 4.31 Å². The summed E-state index contributed by atoms with van der Waals surface area (Å²) in [5.74, 6) is -1.16. The third-order valence-corrected chi connectivity index (χ3v) is 9.59. The number of nitrogens with one attached hydrogen (secondary N) is 1. The van der Waals surface area contributed by atoms with Gasteiger partial charge in [-0.25, -0.2) is 12.8 Å². The summed E-state index contributed by atoms with van der Waals surface area (Å²) < 4.78 is 44.7. The van der Waals surface area contributed by atoms with Crippen LogP contribution in [0.3, 0.4) is 0 Å². The van der Waals surface area contributed by atoms with Crippen LogP contribution in [0, 0.1) is 11.7 Å². The molecular formula is C31H31BrClFN2O4S. The first-order chi connectivity index (χ1) is 19.4. The molecule has 0 saturated carbocycles. The highest BCUT2D eigenvalue weighted by Gasteiger charge is 2.45. The van der Waals surface area contributed by atoms with Gasteiger partial charge in [-0.15, -0.1) is 0 Å². The molecule has 0 aliphatic carbocycles. The second kappa shape index (κ2) is 13.0. The van der Waals surface area contributed by atoms with Gasteiger partial charge in [0, 0.05) is 15.1 Å². The highest BCUT2D eigenvalue weighted by Crippen LogP contribution is 2.46. The molecule has 1 aliphatic heterocycles. The van der Waals surface area contributed by atoms with Gasteiger partial charge in [-0.05, 0) is 85.3 Å². The van der Waals surface area contributed by atoms with Gasteiger partial charge in [0.15, 0.2) is 5.78 Å². The molecule has 0 fully saturated rings. The summed E-state index contributed by atoms with van der Waals surface area (Å²) in [6.45, 7) is 5.33. The van der Waals surface area contributed by atoms with Crippen LogP contribution >= 0.6 is 27.5 Å². The van der Waals surface area contributed by atoms with Gasteiger partial charge in [0.2, 0.25) is 15.9 Å². The Hall–Kier alpha value is -2.85. The normalized spacial score (nSPS) is 18.6. The van der Waals surface area contributed by atoms with Crippen LogP contribution in [0.15, 0.2) is 93.8 Å². The average molecular weight is 662 g/mol. The molecule has 10 heteroatoms. The molecule has 1 aliphatic rings. The summed E-state index contributed by atoms with van der Waals surface area (Å²) in [5, 5.41) is 3.21. The van der Waals surface area contributed by atoms with Crippen molar-refractivity contribution < 1.29 is 22.4 Å². The highest BCUT2D eigenvalue weighted by atomic mass is 79.9. The van der Waals surface area contributed by atoms with Gasteiger partial charge in [0.1, 0.15) is 5.82 Å². The van der Waals surface area contributed by atoms with Crippen LogP contribution in [-0.4, -0.2) is 30.5 Å². The van der Waals surface area contributed by atoms with Crippen LogP contribution in [0.1, 0.15) is 56.8 Å². The minimum Gasteiger partial charge on any atom is -0.342 e. The monoisotopic (exact) mass is 660 g/mol. The third kappa shape index (κ3) is 7.15. The lowest BCUT2D eigenvalue weighted by Crippen LogP contribution is -2.47. The molecule has 41 heavy (non-hydrogen) atoms. The van der Waals surface area contributed by atoms with Crippen molar-refractivity contribution in [2.75, 3.05) is 0 Å². The lowest BCUT2D eigenvalue weighted by atomic mass is 9.88. The number of carbonyl (C=O) groups is 2. The van der Waals surface area contributed by atoms with Crippen LogP contribution in [0.2, 0.25) is 5.02 Å². The fourth-order valence-electron chi connectivity index (χ4n) is 5.06. The zero-order chi connectivity index (χ0) is 29.9. The van der Waals surface area contributed by atoms with E-state index in [1.54, 1.807) is 30.3 Å². The molecule has 0 aromatic heterocycles. The van der Waals surface area contributed by atoms with Crippen molar-refractivity contribution >= 4 is 49.2 Å². The Morgan fingerprint density at radius 3 is 2.32 bits per heavy atom. The van der Waals surface area contributed by atoms with E-state index in [0.717, 1.165) is 16.6 Å². The number of carbonyl (C=O) groups excluding carboxylic acids is 2. The molecule has 0 saturated heterocycles. The van der Waals surface area contributed by atoms with Gasteiger partial charge in [0.05, 0.1) is 23.0 Å². The molecule has 0 spiro atoms. The number of amides is 1. The molecule has 3 atom stereocenters. The molecule has 6 nitrogen and oxygen atoms in total. The second-order valence-electron chi connectivity index (χ2n) is 10.5. The number of nitrogens with zero attached hydrogens (tertiary/aromatic N) is 1. The van der Waals surface area contributed by atoms with Crippen molar-refractivity contribution in [2.45, 2.75) is 56.6 Å². The molecule has 0 unspecified atom stereocenters. The Labute approximate surface area is 253 Å². The Kier molecular flexibility index (Phi) is 9.85. The van der Waals surface area contributed by atoms with Crippen LogP contribution in [0.25, 0.3) is 0 Å². The minimum absolute atomic E-state index is 0.117. The Morgan fingerprint density at radius 2 is 1.71 bits per heavy atom. The van der Waals surface area contributed by atoms with Crippen molar-refractivity contribution in [1.29, 1.82) is 0 Å². The maximum Gasteiger partial charge on any atom is 0.249 e. The van der Waals surface area contributed by atoms with Gasteiger partial charge < -0.3 is 5.32 Å². The smallest absolute Gasteiger partial charge is 0.249 e. The van der Waals surface area contributed by atoms with Crippen molar-refractivity contribution in [1.82, 2.24) is 9.62 Å². The van der Waals surface area contributed by atoms with E-state index in [1.165, 1.54) is 23.4 Å². The zero-order valence-electron chi connectivity index (χ0n) is 22.9. The predicted molar refractivity (Wildman–Crippen MR) is 161 cm³/mol. The molecule has 0 radical (unpaired) electrons. The van der Waals surface area contributed by atoms with Crippen LogP contribution in [0.5, 0.6) is 0 Å². The van der Waals surface area contributed by atoms with Gasteiger partial charge in [-0.3, -0.25) is 9.59 Å². The van der Waals surface area contributed by atoms with Gasteiger partial charge >= 0.3 is 0 Å². The van der Waals surface area contributed by atoms with Crippen molar-refractivity contribution in [2.24, 2.45) is 5.92 Å². The van der Waals surface area contributed by atoms with E-state index in [9.17, 15) is 22.4 Å². The number of hydrogen-bond acceptors (Lipinski definition) is 4. The fraction of sp³-hybridized carbons (Fsp3) is 0.290. The van der Waals surface area contributed by atoms with Gasteiger partial charge in [-0.1, -0.05) is 71.7 Å². The third-order valence-electron chi connectivity index (χ3n) is 6.97.